The SMILES string of the molecule is CC[C@H](C)[C@H](N)C(=O)NCCCCOC. The van der Waals surface area contributed by atoms with E-state index in [-0.39, 0.29) is 17.9 Å². The van der Waals surface area contributed by atoms with E-state index in [0.717, 1.165) is 25.9 Å². The molecule has 0 aromatic rings. The van der Waals surface area contributed by atoms with Gasteiger partial charge in [-0.05, 0) is 18.8 Å². The zero-order valence-electron chi connectivity index (χ0n) is 10.1. The molecule has 0 saturated carbocycles. The fourth-order valence-corrected chi connectivity index (χ4v) is 1.21. The van der Waals surface area contributed by atoms with Crippen LogP contribution in [0.4, 0.5) is 0 Å². The third kappa shape index (κ3) is 6.47. The molecule has 0 aliphatic heterocycles. The molecule has 0 bridgehead atoms. The summed E-state index contributed by atoms with van der Waals surface area (Å²) in [5.41, 5.74) is 5.78. The zero-order chi connectivity index (χ0) is 11.7. The Kier molecular flexibility index (Phi) is 8.33. The van der Waals surface area contributed by atoms with Crippen LogP contribution in [0.2, 0.25) is 0 Å². The summed E-state index contributed by atoms with van der Waals surface area (Å²) in [5.74, 6) is 0.200. The summed E-state index contributed by atoms with van der Waals surface area (Å²) < 4.78 is 4.91. The molecule has 0 aliphatic rings. The minimum atomic E-state index is -0.377. The van der Waals surface area contributed by atoms with Crippen molar-refractivity contribution in [3.05, 3.63) is 0 Å². The molecule has 0 rings (SSSR count). The topological polar surface area (TPSA) is 64.4 Å². The van der Waals surface area contributed by atoms with Gasteiger partial charge in [-0.1, -0.05) is 20.3 Å². The van der Waals surface area contributed by atoms with E-state index < -0.39 is 0 Å². The van der Waals surface area contributed by atoms with Gasteiger partial charge in [-0.3, -0.25) is 4.79 Å². The van der Waals surface area contributed by atoms with Crippen LogP contribution in [0, 0.1) is 5.92 Å². The molecule has 0 unspecified atom stereocenters. The van der Waals surface area contributed by atoms with Crippen LogP contribution in [0.3, 0.4) is 0 Å². The summed E-state index contributed by atoms with van der Waals surface area (Å²) in [5, 5.41) is 2.84. The second-order valence-electron chi connectivity index (χ2n) is 3.90. The maximum atomic E-state index is 11.5. The summed E-state index contributed by atoms with van der Waals surface area (Å²) in [6, 6.07) is -0.377. The minimum Gasteiger partial charge on any atom is -0.385 e. The largest absolute Gasteiger partial charge is 0.385 e. The Morgan fingerprint density at radius 2 is 2.13 bits per heavy atom. The maximum Gasteiger partial charge on any atom is 0.237 e. The van der Waals surface area contributed by atoms with Crippen LogP contribution in [0.5, 0.6) is 0 Å². The van der Waals surface area contributed by atoms with Gasteiger partial charge in [-0.2, -0.15) is 0 Å². The number of hydrogen-bond donors (Lipinski definition) is 2. The number of unbranched alkanes of at least 4 members (excludes halogenated alkanes) is 1. The smallest absolute Gasteiger partial charge is 0.237 e. The van der Waals surface area contributed by atoms with E-state index in [4.69, 9.17) is 10.5 Å². The fourth-order valence-electron chi connectivity index (χ4n) is 1.21. The molecule has 4 nitrogen and oxygen atoms in total. The number of nitrogens with two attached hydrogens (primary N) is 1. The van der Waals surface area contributed by atoms with E-state index in [2.05, 4.69) is 5.32 Å². The van der Waals surface area contributed by atoms with Gasteiger partial charge in [-0.15, -0.1) is 0 Å². The van der Waals surface area contributed by atoms with Crippen molar-refractivity contribution < 1.29 is 9.53 Å². The number of ether oxygens (including phenoxy) is 1. The number of hydrogen-bond acceptors (Lipinski definition) is 3. The van der Waals surface area contributed by atoms with Crippen LogP contribution in [-0.4, -0.2) is 32.2 Å². The summed E-state index contributed by atoms with van der Waals surface area (Å²) in [6.07, 6.45) is 2.83. The average Bonchev–Trinajstić information content (AvgIpc) is 2.26. The lowest BCUT2D eigenvalue weighted by Crippen LogP contribution is -2.44. The van der Waals surface area contributed by atoms with Gasteiger partial charge in [0.05, 0.1) is 6.04 Å². The quantitative estimate of drug-likeness (QED) is 0.593. The molecule has 0 radical (unpaired) electrons. The van der Waals surface area contributed by atoms with Gasteiger partial charge in [0.15, 0.2) is 0 Å². The number of nitrogens with one attached hydrogen (secondary N) is 1. The Morgan fingerprint density at radius 1 is 1.47 bits per heavy atom. The van der Waals surface area contributed by atoms with Crippen molar-refractivity contribution in [1.29, 1.82) is 0 Å². The molecule has 0 saturated heterocycles. The average molecular weight is 216 g/mol. The third-order valence-electron chi connectivity index (χ3n) is 2.63. The summed E-state index contributed by atoms with van der Waals surface area (Å²) in [6.45, 7) is 5.46. The molecular weight excluding hydrogens is 192 g/mol. The molecule has 0 aromatic carbocycles. The summed E-state index contributed by atoms with van der Waals surface area (Å²) in [4.78, 5) is 11.5. The highest BCUT2D eigenvalue weighted by atomic mass is 16.5. The van der Waals surface area contributed by atoms with Gasteiger partial charge >= 0.3 is 0 Å². The first-order valence-electron chi connectivity index (χ1n) is 5.65. The molecule has 0 spiro atoms. The molecule has 1 amide bonds. The van der Waals surface area contributed by atoms with Crippen LogP contribution >= 0.6 is 0 Å². The normalized spacial score (nSPS) is 14.7. The van der Waals surface area contributed by atoms with Gasteiger partial charge in [0.1, 0.15) is 0 Å². The molecule has 2 atom stereocenters. The first kappa shape index (κ1) is 14.4. The van der Waals surface area contributed by atoms with Crippen LogP contribution in [0.25, 0.3) is 0 Å². The number of amides is 1. The van der Waals surface area contributed by atoms with Crippen LogP contribution < -0.4 is 11.1 Å². The predicted octanol–water partition coefficient (Wildman–Crippen LogP) is 0.903. The highest BCUT2D eigenvalue weighted by molar-refractivity contribution is 5.81. The van der Waals surface area contributed by atoms with Crippen molar-refractivity contribution in [1.82, 2.24) is 5.32 Å². The number of carbonyl (C=O) groups excluding carboxylic acids is 1. The molecule has 90 valence electrons. The molecule has 0 aromatic heterocycles. The lowest BCUT2D eigenvalue weighted by Gasteiger charge is -2.17. The lowest BCUT2D eigenvalue weighted by atomic mass is 9.99. The van der Waals surface area contributed by atoms with Crippen LogP contribution in [0.15, 0.2) is 0 Å². The lowest BCUT2D eigenvalue weighted by molar-refractivity contribution is -0.123. The summed E-state index contributed by atoms with van der Waals surface area (Å²) >= 11 is 0. The van der Waals surface area contributed by atoms with Gasteiger partial charge in [0.25, 0.3) is 0 Å². The molecule has 15 heavy (non-hydrogen) atoms. The van der Waals surface area contributed by atoms with Crippen molar-refractivity contribution in [3.8, 4) is 0 Å². The standard InChI is InChI=1S/C11H24N2O2/c1-4-9(2)10(12)11(14)13-7-5-6-8-15-3/h9-10H,4-8,12H2,1-3H3,(H,13,14)/t9-,10-/m0/s1. The van der Waals surface area contributed by atoms with Crippen molar-refractivity contribution in [3.63, 3.8) is 0 Å². The van der Waals surface area contributed by atoms with E-state index in [9.17, 15) is 4.79 Å². The zero-order valence-corrected chi connectivity index (χ0v) is 10.1. The maximum absolute atomic E-state index is 11.5. The first-order chi connectivity index (χ1) is 7.13. The van der Waals surface area contributed by atoms with E-state index in [0.29, 0.717) is 6.54 Å². The fraction of sp³-hybridized carbons (Fsp3) is 0.909. The highest BCUT2D eigenvalue weighted by Crippen LogP contribution is 2.04. The van der Waals surface area contributed by atoms with Gasteiger partial charge < -0.3 is 15.8 Å². The predicted molar refractivity (Wildman–Crippen MR) is 61.6 cm³/mol. The molecule has 4 heteroatoms. The molecule has 0 fully saturated rings. The van der Waals surface area contributed by atoms with Gasteiger partial charge in [0, 0.05) is 20.3 Å². The van der Waals surface area contributed by atoms with Crippen molar-refractivity contribution in [2.75, 3.05) is 20.3 Å². The Balaban J connectivity index is 3.56. The van der Waals surface area contributed by atoms with Crippen LogP contribution in [-0.2, 0) is 9.53 Å². The summed E-state index contributed by atoms with van der Waals surface area (Å²) in [7, 11) is 1.68. The van der Waals surface area contributed by atoms with Crippen molar-refractivity contribution >= 4 is 5.91 Å². The third-order valence-corrected chi connectivity index (χ3v) is 2.63. The van der Waals surface area contributed by atoms with E-state index in [1.165, 1.54) is 0 Å². The van der Waals surface area contributed by atoms with Gasteiger partial charge in [0.2, 0.25) is 5.91 Å². The van der Waals surface area contributed by atoms with E-state index >= 15 is 0 Å². The Morgan fingerprint density at radius 3 is 2.67 bits per heavy atom. The number of rotatable bonds is 8. The molecule has 3 N–H and O–H groups in total. The molecule has 0 heterocycles. The second kappa shape index (κ2) is 8.68. The Bertz CT molecular complexity index is 174. The van der Waals surface area contributed by atoms with Gasteiger partial charge in [-0.25, -0.2) is 0 Å². The highest BCUT2D eigenvalue weighted by Gasteiger charge is 2.18. The number of carbonyl (C=O) groups is 1. The monoisotopic (exact) mass is 216 g/mol. The Labute approximate surface area is 92.6 Å². The van der Waals surface area contributed by atoms with Crippen molar-refractivity contribution in [2.24, 2.45) is 11.7 Å². The number of methoxy groups -OCH3 is 1. The first-order valence-corrected chi connectivity index (χ1v) is 5.65. The second-order valence-corrected chi connectivity index (χ2v) is 3.90. The Hall–Kier alpha value is -0.610. The van der Waals surface area contributed by atoms with Crippen LogP contribution in [0.1, 0.15) is 33.1 Å². The molecule has 0 aliphatic carbocycles. The minimum absolute atomic E-state index is 0.0400. The van der Waals surface area contributed by atoms with E-state index in [1.54, 1.807) is 7.11 Å². The molecular formula is C11H24N2O2. The van der Waals surface area contributed by atoms with Crippen molar-refractivity contribution in [2.45, 2.75) is 39.2 Å². The van der Waals surface area contributed by atoms with E-state index in [1.807, 2.05) is 13.8 Å².